The van der Waals surface area contributed by atoms with E-state index in [2.05, 4.69) is 10.6 Å². The van der Waals surface area contributed by atoms with Gasteiger partial charge in [0.15, 0.2) is 28.8 Å². The molecule has 2 amide bonds. The molecule has 13 nitrogen and oxygen atoms in total. The summed E-state index contributed by atoms with van der Waals surface area (Å²) in [6, 6.07) is 65.3. The Balaban J connectivity index is 0.876. The van der Waals surface area contributed by atoms with E-state index in [4.69, 9.17) is 42.6 Å². The van der Waals surface area contributed by atoms with E-state index in [1.807, 2.05) is 196 Å². The maximum atomic E-state index is 14.5. The predicted molar refractivity (Wildman–Crippen MR) is 295 cm³/mol. The zero-order chi connectivity index (χ0) is 53.6. The van der Waals surface area contributed by atoms with Crippen LogP contribution in [-0.4, -0.2) is 55.1 Å². The number of carbonyl (C=O) groups excluding carboxylic acids is 2. The average molecular weight is 1050 g/mol. The molecule has 10 rings (SSSR count). The lowest BCUT2D eigenvalue weighted by Gasteiger charge is -2.27. The van der Waals surface area contributed by atoms with Crippen LogP contribution in [0.1, 0.15) is 67.9 Å². The summed E-state index contributed by atoms with van der Waals surface area (Å²) in [6.07, 6.45) is -1.33. The molecule has 2 N–H and O–H groups in total. The Hall–Kier alpha value is -8.62. The van der Waals surface area contributed by atoms with Gasteiger partial charge in [0.2, 0.25) is 11.5 Å². The van der Waals surface area contributed by atoms with Crippen LogP contribution in [0.25, 0.3) is 0 Å². The third kappa shape index (κ3) is 13.7. The van der Waals surface area contributed by atoms with Crippen molar-refractivity contribution in [2.24, 2.45) is 0 Å². The van der Waals surface area contributed by atoms with Crippen LogP contribution in [0.15, 0.2) is 206 Å². The molecule has 2 aliphatic rings. The minimum Gasteiger partial charge on any atom is -0.485 e. The molecule has 8 aromatic carbocycles. The molecule has 0 saturated carbocycles. The fourth-order valence-corrected chi connectivity index (χ4v) is 9.36. The minimum atomic E-state index is -1.11. The van der Waals surface area contributed by atoms with Crippen LogP contribution in [0.3, 0.4) is 0 Å². The van der Waals surface area contributed by atoms with Crippen LogP contribution in [0.4, 0.5) is 0 Å². The van der Waals surface area contributed by atoms with Crippen molar-refractivity contribution in [1.82, 2.24) is 10.6 Å². The van der Waals surface area contributed by atoms with Gasteiger partial charge < -0.3 is 53.3 Å². The fraction of sp³-hybridized carbons (Fsp3) is 0.231. The number of benzene rings is 8. The van der Waals surface area contributed by atoms with E-state index in [0.717, 1.165) is 33.4 Å². The predicted octanol–water partition coefficient (Wildman–Crippen LogP) is 11.6. The first-order chi connectivity index (χ1) is 38.1. The summed E-state index contributed by atoms with van der Waals surface area (Å²) in [7, 11) is 0. The highest BCUT2D eigenvalue weighted by atomic mass is 16.8. The van der Waals surface area contributed by atoms with E-state index in [-0.39, 0.29) is 70.5 Å². The number of fused-ring (bicyclic) bond motifs is 1. The van der Waals surface area contributed by atoms with Crippen molar-refractivity contribution in [3.8, 4) is 34.5 Å². The molecule has 0 aromatic heterocycles. The van der Waals surface area contributed by atoms with Gasteiger partial charge in [-0.15, -0.1) is 0 Å². The number of amides is 2. The molecule has 0 spiro atoms. The first kappa shape index (κ1) is 52.8. The summed E-state index contributed by atoms with van der Waals surface area (Å²) in [5.74, 6) is 0.221. The van der Waals surface area contributed by atoms with Gasteiger partial charge >= 0.3 is 0 Å². The van der Waals surface area contributed by atoms with Crippen LogP contribution in [0.5, 0.6) is 34.5 Å². The van der Waals surface area contributed by atoms with E-state index < -0.39 is 35.4 Å². The molecular formula is C65H62N2O11. The van der Waals surface area contributed by atoms with Gasteiger partial charge in [-0.1, -0.05) is 182 Å². The molecule has 78 heavy (non-hydrogen) atoms. The lowest BCUT2D eigenvalue weighted by molar-refractivity contribution is -0.188. The zero-order valence-corrected chi connectivity index (χ0v) is 43.6. The highest BCUT2D eigenvalue weighted by Gasteiger charge is 2.61. The van der Waals surface area contributed by atoms with E-state index in [9.17, 15) is 9.59 Å². The van der Waals surface area contributed by atoms with Crippen molar-refractivity contribution in [2.75, 3.05) is 19.7 Å². The maximum Gasteiger partial charge on any atom is 0.251 e. The molecule has 2 fully saturated rings. The molecule has 2 saturated heterocycles. The molecule has 398 valence electrons. The second-order valence-corrected chi connectivity index (χ2v) is 19.6. The monoisotopic (exact) mass is 1050 g/mol. The van der Waals surface area contributed by atoms with Crippen LogP contribution in [0, 0.1) is 0 Å². The van der Waals surface area contributed by atoms with E-state index in [1.165, 1.54) is 0 Å². The van der Waals surface area contributed by atoms with E-state index >= 15 is 0 Å². The van der Waals surface area contributed by atoms with Crippen LogP contribution in [0.2, 0.25) is 0 Å². The minimum absolute atomic E-state index is 0.0196. The standard InChI is InChI=1S/C65H62N2O11/c1-64(2)77-61-58(37-66-62(68)52-33-54(70-38-46-21-9-3-10-22-46)59(74-42-50-29-17-7-18-30-50)55(34-52)71-39-47-23-11-4-12-24-47)76-45-65(61,78-64)44-67-63(69)53-35-56(72-40-48-25-13-5-14-26-48)60(75-43-51-31-19-8-20-32-51)57(36-53)73-41-49-27-15-6-16-28-49/h3-36,58,61H,37-45H2,1-2H3,(H,66,68)(H,67,69)/t58-,61-,65+/m1/s1. The zero-order valence-electron chi connectivity index (χ0n) is 43.6. The number of hydrogen-bond acceptors (Lipinski definition) is 11. The summed E-state index contributed by atoms with van der Waals surface area (Å²) in [5.41, 5.74) is 5.09. The van der Waals surface area contributed by atoms with Gasteiger partial charge in [0.05, 0.1) is 13.2 Å². The highest BCUT2D eigenvalue weighted by molar-refractivity contribution is 5.96. The van der Waals surface area contributed by atoms with E-state index in [0.29, 0.717) is 34.5 Å². The molecule has 8 aromatic rings. The van der Waals surface area contributed by atoms with Crippen molar-refractivity contribution >= 4 is 11.8 Å². The van der Waals surface area contributed by atoms with Crippen molar-refractivity contribution < 1.29 is 52.2 Å². The third-order valence-electron chi connectivity index (χ3n) is 13.2. The Kier molecular flexibility index (Phi) is 16.9. The Bertz CT molecular complexity index is 3090. The number of carbonyl (C=O) groups is 2. The van der Waals surface area contributed by atoms with Gasteiger partial charge in [0.1, 0.15) is 57.5 Å². The summed E-state index contributed by atoms with van der Waals surface area (Å²) < 4.78 is 58.3. The summed E-state index contributed by atoms with van der Waals surface area (Å²) in [6.45, 7) is 5.13. The van der Waals surface area contributed by atoms with Gasteiger partial charge in [-0.2, -0.15) is 0 Å². The molecular weight excluding hydrogens is 985 g/mol. The van der Waals surface area contributed by atoms with Crippen LogP contribution >= 0.6 is 0 Å². The van der Waals surface area contributed by atoms with Crippen molar-refractivity contribution in [2.45, 2.75) is 77.1 Å². The molecule has 0 radical (unpaired) electrons. The lowest BCUT2D eigenvalue weighted by atomic mass is 9.96. The molecule has 3 atom stereocenters. The average Bonchev–Trinajstić information content (AvgIpc) is 4.00. The van der Waals surface area contributed by atoms with Gasteiger partial charge in [-0.05, 0) is 71.5 Å². The molecule has 2 heterocycles. The largest absolute Gasteiger partial charge is 0.485 e. The molecule has 0 unspecified atom stereocenters. The van der Waals surface area contributed by atoms with Crippen molar-refractivity contribution in [1.29, 1.82) is 0 Å². The van der Waals surface area contributed by atoms with E-state index in [1.54, 1.807) is 24.3 Å². The van der Waals surface area contributed by atoms with Gasteiger partial charge in [0, 0.05) is 17.7 Å². The van der Waals surface area contributed by atoms with Gasteiger partial charge in [-0.3, -0.25) is 9.59 Å². The highest BCUT2D eigenvalue weighted by Crippen LogP contribution is 2.45. The summed E-state index contributed by atoms with van der Waals surface area (Å²) >= 11 is 0. The Morgan fingerprint density at radius 2 is 0.756 bits per heavy atom. The topological polar surface area (TPSA) is 141 Å². The second-order valence-electron chi connectivity index (χ2n) is 19.6. The first-order valence-corrected chi connectivity index (χ1v) is 26.1. The maximum absolute atomic E-state index is 14.5. The first-order valence-electron chi connectivity index (χ1n) is 26.1. The SMILES string of the molecule is CC1(C)O[C@@H]2[C@@H](CNC(=O)c3cc(OCc4ccccc4)c(OCc4ccccc4)c(OCc4ccccc4)c3)OC[C@]2(CNC(=O)c2cc(OCc3ccccc3)c(OCc3ccccc3)c(OCc3ccccc3)c2)O1. The Morgan fingerprint density at radius 3 is 1.09 bits per heavy atom. The number of rotatable bonds is 24. The lowest BCUT2D eigenvalue weighted by Crippen LogP contribution is -2.52. The normalized spacial score (nSPS) is 17.1. The van der Waals surface area contributed by atoms with Crippen LogP contribution in [-0.2, 0) is 53.9 Å². The number of ether oxygens (including phenoxy) is 9. The van der Waals surface area contributed by atoms with Crippen molar-refractivity contribution in [3.05, 3.63) is 251 Å². The number of hydrogen-bond donors (Lipinski definition) is 2. The Morgan fingerprint density at radius 1 is 0.449 bits per heavy atom. The van der Waals surface area contributed by atoms with Gasteiger partial charge in [-0.25, -0.2) is 0 Å². The third-order valence-corrected chi connectivity index (χ3v) is 13.2. The van der Waals surface area contributed by atoms with Crippen LogP contribution < -0.4 is 39.1 Å². The number of nitrogens with one attached hydrogen (secondary N) is 2. The smallest absolute Gasteiger partial charge is 0.251 e. The quantitative estimate of drug-likeness (QED) is 0.0597. The molecule has 0 bridgehead atoms. The summed E-state index contributed by atoms with van der Waals surface area (Å²) in [4.78, 5) is 28.9. The van der Waals surface area contributed by atoms with Gasteiger partial charge in [0.25, 0.3) is 11.8 Å². The summed E-state index contributed by atoms with van der Waals surface area (Å²) in [5, 5.41) is 6.19. The van der Waals surface area contributed by atoms with Crippen molar-refractivity contribution in [3.63, 3.8) is 0 Å². The molecule has 2 aliphatic heterocycles. The fourth-order valence-electron chi connectivity index (χ4n) is 9.36. The molecule has 13 heteroatoms. The second kappa shape index (κ2) is 25.0. The Labute approximate surface area is 454 Å². The molecule has 0 aliphatic carbocycles.